The van der Waals surface area contributed by atoms with E-state index in [9.17, 15) is 0 Å². The third-order valence-corrected chi connectivity index (χ3v) is 4.01. The number of imidazole rings is 1. The van der Waals surface area contributed by atoms with Gasteiger partial charge < -0.3 is 9.88 Å². The van der Waals surface area contributed by atoms with Gasteiger partial charge in [0.15, 0.2) is 0 Å². The van der Waals surface area contributed by atoms with Crippen molar-refractivity contribution in [1.29, 1.82) is 0 Å². The number of para-hydroxylation sites is 2. The zero-order valence-corrected chi connectivity index (χ0v) is 14.2. The van der Waals surface area contributed by atoms with Crippen molar-refractivity contribution < 1.29 is 0 Å². The molecule has 1 atom stereocenters. The van der Waals surface area contributed by atoms with Crippen LogP contribution in [0.25, 0.3) is 11.0 Å². The van der Waals surface area contributed by atoms with Gasteiger partial charge in [0, 0.05) is 13.6 Å². The minimum atomic E-state index is 0.136. The number of aryl methyl sites for hydroxylation is 1. The van der Waals surface area contributed by atoms with E-state index in [2.05, 4.69) is 53.9 Å². The van der Waals surface area contributed by atoms with E-state index in [1.807, 2.05) is 22.9 Å². The van der Waals surface area contributed by atoms with E-state index in [0.717, 1.165) is 29.2 Å². The highest BCUT2D eigenvalue weighted by Crippen LogP contribution is 2.19. The summed E-state index contributed by atoms with van der Waals surface area (Å²) in [7, 11) is 2.06. The molecule has 0 fully saturated rings. The lowest BCUT2D eigenvalue weighted by atomic mass is 10.2. The van der Waals surface area contributed by atoms with Crippen LogP contribution in [0.5, 0.6) is 0 Å². The zero-order valence-electron chi connectivity index (χ0n) is 14.2. The maximum atomic E-state index is 4.74. The van der Waals surface area contributed by atoms with E-state index >= 15 is 0 Å². The van der Waals surface area contributed by atoms with Crippen LogP contribution in [0.2, 0.25) is 0 Å². The van der Waals surface area contributed by atoms with Crippen LogP contribution in [-0.2, 0) is 20.1 Å². The van der Waals surface area contributed by atoms with Crippen molar-refractivity contribution in [3.63, 3.8) is 0 Å². The Bertz CT molecular complexity index is 785. The molecule has 3 rings (SSSR count). The largest absolute Gasteiger partial charge is 0.330 e. The molecule has 3 aromatic rings. The third-order valence-electron chi connectivity index (χ3n) is 4.01. The molecule has 1 N–H and O–H groups in total. The number of hydrogen-bond donors (Lipinski definition) is 1. The number of nitrogens with zero attached hydrogens (tertiary/aromatic N) is 5. The van der Waals surface area contributed by atoms with Crippen LogP contribution < -0.4 is 5.32 Å². The van der Waals surface area contributed by atoms with Gasteiger partial charge in [0.2, 0.25) is 0 Å². The summed E-state index contributed by atoms with van der Waals surface area (Å²) in [4.78, 5) is 9.10. The second kappa shape index (κ2) is 6.50. The van der Waals surface area contributed by atoms with Gasteiger partial charge in [-0.2, -0.15) is 5.10 Å². The molecule has 1 aromatic carbocycles. The Hall–Kier alpha value is -2.21. The topological polar surface area (TPSA) is 60.6 Å². The Morgan fingerprint density at radius 2 is 1.96 bits per heavy atom. The highest BCUT2D eigenvalue weighted by Gasteiger charge is 2.15. The number of aromatic nitrogens is 5. The lowest BCUT2D eigenvalue weighted by Crippen LogP contribution is -2.24. The maximum Gasteiger partial charge on any atom is 0.140 e. The highest BCUT2D eigenvalue weighted by molar-refractivity contribution is 5.75. The summed E-state index contributed by atoms with van der Waals surface area (Å²) in [5.74, 6) is 2.54. The fraction of sp³-hybridized carbons (Fsp3) is 0.471. The van der Waals surface area contributed by atoms with Crippen LogP contribution in [0.1, 0.15) is 38.5 Å². The number of hydrogen-bond acceptors (Lipinski definition) is 4. The molecule has 23 heavy (non-hydrogen) atoms. The third kappa shape index (κ3) is 3.27. The summed E-state index contributed by atoms with van der Waals surface area (Å²) in [6.07, 6.45) is 1.62. The van der Waals surface area contributed by atoms with Crippen LogP contribution in [-0.4, -0.2) is 24.3 Å². The average Bonchev–Trinajstić information content (AvgIpc) is 3.09. The second-order valence-corrected chi connectivity index (χ2v) is 6.37. The molecule has 0 amide bonds. The number of nitrogens with one attached hydrogen (secondary N) is 1. The van der Waals surface area contributed by atoms with E-state index in [-0.39, 0.29) is 6.04 Å². The predicted molar refractivity (Wildman–Crippen MR) is 90.8 cm³/mol. The van der Waals surface area contributed by atoms with E-state index in [1.165, 1.54) is 0 Å². The van der Waals surface area contributed by atoms with E-state index in [0.29, 0.717) is 12.5 Å². The van der Waals surface area contributed by atoms with Gasteiger partial charge in [0.05, 0.1) is 23.6 Å². The van der Waals surface area contributed by atoms with Crippen molar-refractivity contribution in [2.75, 3.05) is 0 Å². The van der Waals surface area contributed by atoms with E-state index < -0.39 is 0 Å². The molecule has 6 heteroatoms. The monoisotopic (exact) mass is 312 g/mol. The Labute approximate surface area is 136 Å². The van der Waals surface area contributed by atoms with Crippen molar-refractivity contribution in [3.8, 4) is 0 Å². The molecule has 0 aliphatic heterocycles. The van der Waals surface area contributed by atoms with E-state index in [4.69, 9.17) is 4.98 Å². The molecule has 0 saturated heterocycles. The molecular formula is C17H24N6. The van der Waals surface area contributed by atoms with Crippen LogP contribution in [0.15, 0.2) is 30.6 Å². The van der Waals surface area contributed by atoms with Crippen LogP contribution >= 0.6 is 0 Å². The molecule has 122 valence electrons. The molecule has 6 nitrogen and oxygen atoms in total. The summed E-state index contributed by atoms with van der Waals surface area (Å²) < 4.78 is 4.12. The highest BCUT2D eigenvalue weighted by atomic mass is 15.3. The van der Waals surface area contributed by atoms with Crippen molar-refractivity contribution >= 4 is 11.0 Å². The van der Waals surface area contributed by atoms with E-state index in [1.54, 1.807) is 6.33 Å². The predicted octanol–water partition coefficient (Wildman–Crippen LogP) is 2.67. The fourth-order valence-electron chi connectivity index (χ4n) is 2.81. The molecule has 0 saturated carbocycles. The van der Waals surface area contributed by atoms with Crippen LogP contribution in [0.3, 0.4) is 0 Å². The minimum absolute atomic E-state index is 0.136. The summed E-state index contributed by atoms with van der Waals surface area (Å²) in [6.45, 7) is 8.06. The molecule has 2 heterocycles. The van der Waals surface area contributed by atoms with Gasteiger partial charge in [-0.15, -0.1) is 0 Å². The van der Waals surface area contributed by atoms with Gasteiger partial charge in [-0.05, 0) is 25.0 Å². The Morgan fingerprint density at radius 1 is 1.17 bits per heavy atom. The average molecular weight is 312 g/mol. The van der Waals surface area contributed by atoms with Gasteiger partial charge >= 0.3 is 0 Å². The first-order chi connectivity index (χ1) is 11.1. The SMILES string of the molecule is CC(C)Cn1ncnc1CN[C@@H](C)c1nc2ccccc2n1C. The number of rotatable bonds is 6. The van der Waals surface area contributed by atoms with Crippen LogP contribution in [0.4, 0.5) is 0 Å². The Morgan fingerprint density at radius 3 is 2.70 bits per heavy atom. The second-order valence-electron chi connectivity index (χ2n) is 6.37. The first kappa shape index (κ1) is 15.7. The van der Waals surface area contributed by atoms with Crippen molar-refractivity contribution in [2.45, 2.75) is 39.9 Å². The first-order valence-electron chi connectivity index (χ1n) is 8.07. The van der Waals surface area contributed by atoms with Crippen LogP contribution in [0, 0.1) is 5.92 Å². The Balaban J connectivity index is 1.73. The molecule has 0 bridgehead atoms. The number of fused-ring (bicyclic) bond motifs is 1. The Kier molecular flexibility index (Phi) is 4.43. The molecule has 0 radical (unpaired) electrons. The molecular weight excluding hydrogens is 288 g/mol. The van der Waals surface area contributed by atoms with Gasteiger partial charge in [0.25, 0.3) is 0 Å². The lowest BCUT2D eigenvalue weighted by molar-refractivity contribution is 0.444. The van der Waals surface area contributed by atoms with Gasteiger partial charge in [-0.25, -0.2) is 14.6 Å². The zero-order chi connectivity index (χ0) is 16.4. The van der Waals surface area contributed by atoms with Crippen molar-refractivity contribution in [2.24, 2.45) is 13.0 Å². The molecule has 0 aliphatic rings. The van der Waals surface area contributed by atoms with Gasteiger partial charge in [-0.3, -0.25) is 0 Å². The number of benzene rings is 1. The fourth-order valence-corrected chi connectivity index (χ4v) is 2.81. The van der Waals surface area contributed by atoms with Gasteiger partial charge in [0.1, 0.15) is 18.0 Å². The summed E-state index contributed by atoms with van der Waals surface area (Å²) >= 11 is 0. The van der Waals surface area contributed by atoms with Crippen molar-refractivity contribution in [3.05, 3.63) is 42.2 Å². The summed E-state index contributed by atoms with van der Waals surface area (Å²) in [5.41, 5.74) is 2.18. The molecule has 0 spiro atoms. The molecule has 2 aromatic heterocycles. The quantitative estimate of drug-likeness (QED) is 0.760. The normalized spacial score (nSPS) is 13.1. The standard InChI is InChI=1S/C17H24N6/c1-12(2)10-23-16(19-11-20-23)9-18-13(3)17-21-14-7-5-6-8-15(14)22(17)4/h5-8,11-13,18H,9-10H2,1-4H3/t13-/m0/s1. The molecule has 0 aliphatic carbocycles. The smallest absolute Gasteiger partial charge is 0.140 e. The van der Waals surface area contributed by atoms with Crippen molar-refractivity contribution in [1.82, 2.24) is 29.6 Å². The maximum absolute atomic E-state index is 4.74. The molecule has 0 unspecified atom stereocenters. The van der Waals surface area contributed by atoms with Gasteiger partial charge in [-0.1, -0.05) is 26.0 Å². The first-order valence-corrected chi connectivity index (χ1v) is 8.07. The summed E-state index contributed by atoms with van der Waals surface area (Å²) in [5, 5.41) is 7.81. The lowest BCUT2D eigenvalue weighted by Gasteiger charge is -2.14. The minimum Gasteiger partial charge on any atom is -0.330 e. The summed E-state index contributed by atoms with van der Waals surface area (Å²) in [6, 6.07) is 8.34.